The number of esters is 2. The minimum atomic E-state index is -0.322. The summed E-state index contributed by atoms with van der Waals surface area (Å²) in [6.45, 7) is 10.6. The van der Waals surface area contributed by atoms with Gasteiger partial charge in [-0.2, -0.15) is 0 Å². The van der Waals surface area contributed by atoms with Crippen molar-refractivity contribution in [2.45, 2.75) is 79.2 Å². The van der Waals surface area contributed by atoms with E-state index in [0.29, 0.717) is 6.61 Å². The standard InChI is InChI=1S/C16H30O4/c1-6-8-9-12-19-14(17)10-11-15(18)20-13(7-2)16(3,4)5/h13H,6-12H2,1-5H3. The van der Waals surface area contributed by atoms with Gasteiger partial charge in [-0.1, -0.05) is 47.5 Å². The molecule has 0 aliphatic heterocycles. The number of ether oxygens (including phenoxy) is 2. The molecule has 0 heterocycles. The second-order valence-electron chi connectivity index (χ2n) is 6.18. The Morgan fingerprint density at radius 2 is 1.60 bits per heavy atom. The van der Waals surface area contributed by atoms with Crippen molar-refractivity contribution < 1.29 is 19.1 Å². The molecule has 1 atom stereocenters. The molecule has 4 heteroatoms. The van der Waals surface area contributed by atoms with Gasteiger partial charge in [0.1, 0.15) is 6.10 Å². The molecule has 0 fully saturated rings. The zero-order chi connectivity index (χ0) is 15.6. The average Bonchev–Trinajstić information content (AvgIpc) is 2.37. The second kappa shape index (κ2) is 9.78. The third-order valence-corrected chi connectivity index (χ3v) is 3.15. The van der Waals surface area contributed by atoms with E-state index in [1.807, 2.05) is 27.7 Å². The van der Waals surface area contributed by atoms with Gasteiger partial charge in [0, 0.05) is 0 Å². The highest BCUT2D eigenvalue weighted by atomic mass is 16.5. The van der Waals surface area contributed by atoms with E-state index >= 15 is 0 Å². The first-order valence-electron chi connectivity index (χ1n) is 7.66. The molecular weight excluding hydrogens is 256 g/mol. The van der Waals surface area contributed by atoms with E-state index < -0.39 is 0 Å². The Bertz CT molecular complexity index is 291. The van der Waals surface area contributed by atoms with Crippen molar-refractivity contribution >= 4 is 11.9 Å². The zero-order valence-corrected chi connectivity index (χ0v) is 13.7. The molecule has 0 N–H and O–H groups in total. The van der Waals surface area contributed by atoms with Gasteiger partial charge in [0.05, 0.1) is 19.4 Å². The Morgan fingerprint density at radius 1 is 1.00 bits per heavy atom. The number of carbonyl (C=O) groups excluding carboxylic acids is 2. The van der Waals surface area contributed by atoms with Gasteiger partial charge in [-0.25, -0.2) is 0 Å². The van der Waals surface area contributed by atoms with E-state index in [1.165, 1.54) is 0 Å². The Hall–Kier alpha value is -1.06. The van der Waals surface area contributed by atoms with Crippen molar-refractivity contribution in [2.75, 3.05) is 6.61 Å². The molecule has 0 aromatic carbocycles. The molecule has 0 aromatic rings. The lowest BCUT2D eigenvalue weighted by Crippen LogP contribution is -2.31. The van der Waals surface area contributed by atoms with Crippen molar-refractivity contribution in [3.05, 3.63) is 0 Å². The SMILES string of the molecule is CCCCCOC(=O)CCC(=O)OC(CC)C(C)(C)C. The van der Waals surface area contributed by atoms with Crippen LogP contribution in [0.1, 0.15) is 73.1 Å². The van der Waals surface area contributed by atoms with Gasteiger partial charge >= 0.3 is 11.9 Å². The lowest BCUT2D eigenvalue weighted by Gasteiger charge is -2.29. The molecule has 118 valence electrons. The van der Waals surface area contributed by atoms with Gasteiger partial charge in [-0.05, 0) is 18.3 Å². The molecule has 0 saturated carbocycles. The molecule has 0 bridgehead atoms. The van der Waals surface area contributed by atoms with E-state index in [1.54, 1.807) is 0 Å². The molecule has 4 nitrogen and oxygen atoms in total. The number of unbranched alkanes of at least 4 members (excludes halogenated alkanes) is 2. The predicted molar refractivity (Wildman–Crippen MR) is 79.3 cm³/mol. The Morgan fingerprint density at radius 3 is 2.10 bits per heavy atom. The van der Waals surface area contributed by atoms with Crippen molar-refractivity contribution in [1.29, 1.82) is 0 Å². The molecule has 1 unspecified atom stereocenters. The van der Waals surface area contributed by atoms with Crippen LogP contribution < -0.4 is 0 Å². The maximum absolute atomic E-state index is 11.7. The number of hydrogen-bond acceptors (Lipinski definition) is 4. The summed E-state index contributed by atoms with van der Waals surface area (Å²) in [5.41, 5.74) is -0.0783. The van der Waals surface area contributed by atoms with Crippen LogP contribution in [0.3, 0.4) is 0 Å². The smallest absolute Gasteiger partial charge is 0.306 e. The lowest BCUT2D eigenvalue weighted by atomic mass is 9.87. The van der Waals surface area contributed by atoms with E-state index in [4.69, 9.17) is 9.47 Å². The van der Waals surface area contributed by atoms with Crippen LogP contribution in [-0.2, 0) is 19.1 Å². The van der Waals surface area contributed by atoms with Crippen LogP contribution >= 0.6 is 0 Å². The zero-order valence-electron chi connectivity index (χ0n) is 13.7. The fraction of sp³-hybridized carbons (Fsp3) is 0.875. The Balaban J connectivity index is 3.89. The molecule has 20 heavy (non-hydrogen) atoms. The summed E-state index contributed by atoms with van der Waals surface area (Å²) in [6, 6.07) is 0. The average molecular weight is 286 g/mol. The summed E-state index contributed by atoms with van der Waals surface area (Å²) < 4.78 is 10.5. The van der Waals surface area contributed by atoms with Gasteiger partial charge in [-0.15, -0.1) is 0 Å². The minimum Gasteiger partial charge on any atom is -0.466 e. The number of rotatable bonds is 9. The molecule has 0 radical (unpaired) electrons. The fourth-order valence-corrected chi connectivity index (χ4v) is 1.90. The van der Waals surface area contributed by atoms with Gasteiger partial charge in [0.25, 0.3) is 0 Å². The molecule has 0 amide bonds. The molecule has 0 aromatic heterocycles. The van der Waals surface area contributed by atoms with Gasteiger partial charge in [-0.3, -0.25) is 9.59 Å². The van der Waals surface area contributed by atoms with Crippen LogP contribution in [0.4, 0.5) is 0 Å². The van der Waals surface area contributed by atoms with Gasteiger partial charge in [0.2, 0.25) is 0 Å². The van der Waals surface area contributed by atoms with E-state index in [2.05, 4.69) is 6.92 Å². The monoisotopic (exact) mass is 286 g/mol. The van der Waals surface area contributed by atoms with Crippen molar-refractivity contribution in [3.8, 4) is 0 Å². The van der Waals surface area contributed by atoms with Crippen LogP contribution in [0.15, 0.2) is 0 Å². The second-order valence-corrected chi connectivity index (χ2v) is 6.18. The van der Waals surface area contributed by atoms with Crippen LogP contribution in [0.2, 0.25) is 0 Å². The van der Waals surface area contributed by atoms with Crippen LogP contribution in [0.5, 0.6) is 0 Å². The highest BCUT2D eigenvalue weighted by molar-refractivity contribution is 5.77. The van der Waals surface area contributed by atoms with E-state index in [9.17, 15) is 9.59 Å². The predicted octanol–water partition coefficient (Wildman–Crippen LogP) is 3.87. The topological polar surface area (TPSA) is 52.6 Å². The summed E-state index contributed by atoms with van der Waals surface area (Å²) >= 11 is 0. The normalized spacial score (nSPS) is 12.8. The minimum absolute atomic E-state index is 0.0783. The molecular formula is C16H30O4. The molecule has 0 spiro atoms. The summed E-state index contributed by atoms with van der Waals surface area (Å²) in [7, 11) is 0. The summed E-state index contributed by atoms with van der Waals surface area (Å²) in [5, 5.41) is 0. The largest absolute Gasteiger partial charge is 0.466 e. The molecule has 0 saturated heterocycles. The maximum atomic E-state index is 11.7. The lowest BCUT2D eigenvalue weighted by molar-refractivity contribution is -0.158. The third kappa shape index (κ3) is 8.94. The highest BCUT2D eigenvalue weighted by Crippen LogP contribution is 2.25. The summed E-state index contributed by atoms with van der Waals surface area (Å²) in [5.74, 6) is -0.640. The first kappa shape index (κ1) is 18.9. The van der Waals surface area contributed by atoms with Gasteiger partial charge < -0.3 is 9.47 Å². The molecule has 0 rings (SSSR count). The maximum Gasteiger partial charge on any atom is 0.306 e. The number of hydrogen-bond donors (Lipinski definition) is 0. The third-order valence-electron chi connectivity index (χ3n) is 3.15. The first-order chi connectivity index (χ1) is 9.31. The number of carbonyl (C=O) groups is 2. The van der Waals surface area contributed by atoms with E-state index in [0.717, 1.165) is 25.7 Å². The van der Waals surface area contributed by atoms with Crippen molar-refractivity contribution in [1.82, 2.24) is 0 Å². The molecule has 0 aliphatic carbocycles. The van der Waals surface area contributed by atoms with Gasteiger partial charge in [0.15, 0.2) is 0 Å². The van der Waals surface area contributed by atoms with Crippen LogP contribution in [-0.4, -0.2) is 24.6 Å². The Labute approximate surface area is 123 Å². The Kier molecular flexibility index (Phi) is 9.26. The fourth-order valence-electron chi connectivity index (χ4n) is 1.90. The highest BCUT2D eigenvalue weighted by Gasteiger charge is 2.26. The van der Waals surface area contributed by atoms with Crippen molar-refractivity contribution in [3.63, 3.8) is 0 Å². The summed E-state index contributed by atoms with van der Waals surface area (Å²) in [6.07, 6.45) is 3.89. The van der Waals surface area contributed by atoms with E-state index in [-0.39, 0.29) is 36.3 Å². The van der Waals surface area contributed by atoms with Crippen molar-refractivity contribution in [2.24, 2.45) is 5.41 Å². The quantitative estimate of drug-likeness (QED) is 0.477. The first-order valence-corrected chi connectivity index (χ1v) is 7.66. The molecule has 0 aliphatic rings. The van der Waals surface area contributed by atoms with Crippen LogP contribution in [0.25, 0.3) is 0 Å². The summed E-state index contributed by atoms with van der Waals surface area (Å²) in [4.78, 5) is 23.1. The van der Waals surface area contributed by atoms with Crippen LogP contribution in [0, 0.1) is 5.41 Å².